The number of aryl methyl sites for hydroxylation is 2. The van der Waals surface area contributed by atoms with Crippen LogP contribution < -0.4 is 5.01 Å². The molecular formula is C33H28F4N2O2. The molecule has 1 aliphatic heterocycles. The molecule has 0 spiro atoms. The van der Waals surface area contributed by atoms with Crippen LogP contribution in [0.1, 0.15) is 40.2 Å². The third-order valence-corrected chi connectivity index (χ3v) is 7.41. The topological polar surface area (TPSA) is 52.9 Å². The van der Waals surface area contributed by atoms with E-state index < -0.39 is 36.2 Å². The Morgan fingerprint density at radius 3 is 2.27 bits per heavy atom. The van der Waals surface area contributed by atoms with E-state index in [0.29, 0.717) is 23.2 Å². The Labute approximate surface area is 235 Å². The van der Waals surface area contributed by atoms with Crippen LogP contribution in [0, 0.1) is 19.7 Å². The summed E-state index contributed by atoms with van der Waals surface area (Å²) in [5.41, 5.74) is 4.94. The van der Waals surface area contributed by atoms with Crippen molar-refractivity contribution in [2.24, 2.45) is 5.10 Å². The molecule has 5 rings (SSSR count). The zero-order chi connectivity index (χ0) is 29.3. The molecule has 41 heavy (non-hydrogen) atoms. The number of hydrogen-bond donors (Lipinski definition) is 1. The minimum atomic E-state index is -4.73. The van der Waals surface area contributed by atoms with Crippen LogP contribution in [-0.4, -0.2) is 29.0 Å². The fourth-order valence-corrected chi connectivity index (χ4v) is 5.39. The second kappa shape index (κ2) is 11.2. The number of rotatable bonds is 7. The molecule has 8 heteroatoms. The number of alkyl halides is 3. The maximum absolute atomic E-state index is 14.4. The highest BCUT2D eigenvalue weighted by Crippen LogP contribution is 2.42. The molecule has 4 aromatic carbocycles. The molecule has 2 atom stereocenters. The van der Waals surface area contributed by atoms with Crippen molar-refractivity contribution >= 4 is 17.4 Å². The molecule has 0 amide bonds. The largest absolute Gasteiger partial charge is 0.481 e. The van der Waals surface area contributed by atoms with Gasteiger partial charge in [-0.25, -0.2) is 4.39 Å². The maximum Gasteiger partial charge on any atom is 0.431 e. The van der Waals surface area contributed by atoms with E-state index in [0.717, 1.165) is 27.8 Å². The summed E-state index contributed by atoms with van der Waals surface area (Å²) in [6, 6.07) is 24.8. The minimum absolute atomic E-state index is 0.285. The Balaban J connectivity index is 1.42. The first kappa shape index (κ1) is 28.1. The van der Waals surface area contributed by atoms with Crippen LogP contribution in [0.3, 0.4) is 0 Å². The number of hydrazone groups is 1. The van der Waals surface area contributed by atoms with Crippen LogP contribution in [-0.2, 0) is 11.2 Å². The van der Waals surface area contributed by atoms with Crippen LogP contribution in [0.25, 0.3) is 11.1 Å². The predicted octanol–water partition coefficient (Wildman–Crippen LogP) is 8.07. The van der Waals surface area contributed by atoms with Crippen molar-refractivity contribution in [2.45, 2.75) is 44.8 Å². The molecule has 0 radical (unpaired) electrons. The van der Waals surface area contributed by atoms with Gasteiger partial charge in [-0.15, -0.1) is 0 Å². The van der Waals surface area contributed by atoms with Crippen molar-refractivity contribution in [1.29, 1.82) is 0 Å². The SMILES string of the molecule is Cc1ccc(F)c(-c2ccc(Cc3ccc(N4N=C(C(F)(F)F)C(c5ccccc5)C4CC(=O)O)cc3)c(C)c2)c1. The fraction of sp³-hybridized carbons (Fsp3) is 0.212. The minimum Gasteiger partial charge on any atom is -0.481 e. The molecule has 4 nitrogen and oxygen atoms in total. The van der Waals surface area contributed by atoms with Crippen molar-refractivity contribution in [3.63, 3.8) is 0 Å². The number of hydrogen-bond acceptors (Lipinski definition) is 3. The van der Waals surface area contributed by atoms with Crippen LogP contribution in [0.5, 0.6) is 0 Å². The maximum atomic E-state index is 14.4. The molecule has 0 bridgehead atoms. The van der Waals surface area contributed by atoms with Crippen molar-refractivity contribution in [2.75, 3.05) is 5.01 Å². The molecular weight excluding hydrogens is 532 g/mol. The van der Waals surface area contributed by atoms with Gasteiger partial charge in [-0.1, -0.05) is 72.3 Å². The smallest absolute Gasteiger partial charge is 0.431 e. The number of carbonyl (C=O) groups is 1. The average Bonchev–Trinajstić information content (AvgIpc) is 3.31. The average molecular weight is 561 g/mol. The Hall–Kier alpha value is -4.46. The van der Waals surface area contributed by atoms with E-state index in [9.17, 15) is 27.5 Å². The normalized spacial score (nSPS) is 17.0. The van der Waals surface area contributed by atoms with Gasteiger partial charge in [-0.3, -0.25) is 9.80 Å². The van der Waals surface area contributed by atoms with Gasteiger partial charge in [0.15, 0.2) is 5.71 Å². The summed E-state index contributed by atoms with van der Waals surface area (Å²) in [7, 11) is 0. The lowest BCUT2D eigenvalue weighted by molar-refractivity contribution is -0.137. The molecule has 1 N–H and O–H groups in total. The van der Waals surface area contributed by atoms with E-state index in [2.05, 4.69) is 5.10 Å². The number of nitrogens with zero attached hydrogens (tertiary/aromatic N) is 2. The summed E-state index contributed by atoms with van der Waals surface area (Å²) in [6.07, 6.45) is -4.68. The predicted molar refractivity (Wildman–Crippen MR) is 152 cm³/mol. The molecule has 0 saturated carbocycles. The zero-order valence-electron chi connectivity index (χ0n) is 22.5. The van der Waals surface area contributed by atoms with Crippen molar-refractivity contribution < 1.29 is 27.5 Å². The van der Waals surface area contributed by atoms with Gasteiger partial charge in [-0.05, 0) is 72.4 Å². The van der Waals surface area contributed by atoms with Crippen LogP contribution in [0.15, 0.2) is 96.1 Å². The number of aliphatic carboxylic acids is 1. The van der Waals surface area contributed by atoms with Gasteiger partial charge in [0.1, 0.15) is 5.82 Å². The van der Waals surface area contributed by atoms with Crippen molar-refractivity contribution in [3.8, 4) is 11.1 Å². The molecule has 0 aliphatic carbocycles. The van der Waals surface area contributed by atoms with E-state index in [1.165, 1.54) is 11.1 Å². The standard InChI is InChI=1S/C33H28F4N2O2/c1-20-8-15-28(34)27(16-20)25-12-11-24(21(2)17-25)18-22-9-13-26(14-10-22)39-29(19-30(40)41)31(23-6-4-3-5-7-23)32(38-39)33(35,36)37/h3-17,29,31H,18-19H2,1-2H3,(H,40,41). The highest BCUT2D eigenvalue weighted by molar-refractivity contribution is 6.00. The lowest BCUT2D eigenvalue weighted by Gasteiger charge is -2.27. The third kappa shape index (κ3) is 6.01. The van der Waals surface area contributed by atoms with Gasteiger partial charge in [0, 0.05) is 5.56 Å². The van der Waals surface area contributed by atoms with E-state index in [4.69, 9.17) is 0 Å². The summed E-state index contributed by atoms with van der Waals surface area (Å²) in [6.45, 7) is 3.87. The zero-order valence-corrected chi connectivity index (χ0v) is 22.5. The van der Waals surface area contributed by atoms with Crippen LogP contribution in [0.2, 0.25) is 0 Å². The van der Waals surface area contributed by atoms with Gasteiger partial charge >= 0.3 is 12.1 Å². The van der Waals surface area contributed by atoms with Crippen LogP contribution in [0.4, 0.5) is 23.2 Å². The molecule has 2 unspecified atom stereocenters. The molecule has 1 heterocycles. The lowest BCUT2D eigenvalue weighted by atomic mass is 9.86. The molecule has 4 aromatic rings. The first-order valence-corrected chi connectivity index (χ1v) is 13.2. The quantitative estimate of drug-likeness (QED) is 0.233. The Kier molecular flexibility index (Phi) is 7.67. The number of halogens is 4. The number of carboxylic acids is 1. The van der Waals surface area contributed by atoms with Gasteiger partial charge in [-0.2, -0.15) is 18.3 Å². The summed E-state index contributed by atoms with van der Waals surface area (Å²) < 4.78 is 56.7. The summed E-state index contributed by atoms with van der Waals surface area (Å²) in [4.78, 5) is 11.7. The molecule has 0 aromatic heterocycles. The Morgan fingerprint density at radius 1 is 0.927 bits per heavy atom. The van der Waals surface area contributed by atoms with Gasteiger partial charge in [0.05, 0.1) is 24.1 Å². The molecule has 1 aliphatic rings. The Morgan fingerprint density at radius 2 is 1.63 bits per heavy atom. The van der Waals surface area contributed by atoms with Crippen LogP contribution >= 0.6 is 0 Å². The third-order valence-electron chi connectivity index (χ3n) is 7.41. The molecule has 210 valence electrons. The Bertz CT molecular complexity index is 1600. The first-order valence-electron chi connectivity index (χ1n) is 13.2. The van der Waals surface area contributed by atoms with Gasteiger partial charge in [0.25, 0.3) is 0 Å². The van der Waals surface area contributed by atoms with E-state index in [-0.39, 0.29) is 5.82 Å². The number of anilines is 1. The fourth-order valence-electron chi connectivity index (χ4n) is 5.39. The lowest BCUT2D eigenvalue weighted by Crippen LogP contribution is -2.37. The highest BCUT2D eigenvalue weighted by atomic mass is 19.4. The van der Waals surface area contributed by atoms with Crippen molar-refractivity contribution in [3.05, 3.63) is 125 Å². The van der Waals surface area contributed by atoms with Gasteiger partial charge < -0.3 is 5.11 Å². The van der Waals surface area contributed by atoms with E-state index in [1.54, 1.807) is 60.7 Å². The summed E-state index contributed by atoms with van der Waals surface area (Å²) in [5.74, 6) is -2.74. The van der Waals surface area contributed by atoms with Crippen molar-refractivity contribution in [1.82, 2.24) is 0 Å². The molecule has 0 saturated heterocycles. The molecule has 0 fully saturated rings. The summed E-state index contributed by atoms with van der Waals surface area (Å²) >= 11 is 0. The van der Waals surface area contributed by atoms with E-state index in [1.807, 2.05) is 38.1 Å². The highest BCUT2D eigenvalue weighted by Gasteiger charge is 2.51. The summed E-state index contributed by atoms with van der Waals surface area (Å²) in [5, 5.41) is 14.7. The van der Waals surface area contributed by atoms with E-state index >= 15 is 0 Å². The second-order valence-electron chi connectivity index (χ2n) is 10.3. The van der Waals surface area contributed by atoms with Gasteiger partial charge in [0.2, 0.25) is 0 Å². The second-order valence-corrected chi connectivity index (χ2v) is 10.3. The first-order chi connectivity index (χ1) is 19.5. The monoisotopic (exact) mass is 560 g/mol. The number of benzene rings is 4. The number of carboxylic acid groups (broad SMARTS) is 1.